The minimum Gasteiger partial charge on any atom is -0.367 e. The van der Waals surface area contributed by atoms with Crippen LogP contribution in [0.5, 0.6) is 0 Å². The first kappa shape index (κ1) is 17.6. The predicted octanol–water partition coefficient (Wildman–Crippen LogP) is 0.129. The minimum absolute atomic E-state index is 0.0000455. The van der Waals surface area contributed by atoms with Crippen LogP contribution in [-0.2, 0) is 14.3 Å². The van der Waals surface area contributed by atoms with Gasteiger partial charge in [0.25, 0.3) is 0 Å². The molecule has 2 aliphatic heterocycles. The van der Waals surface area contributed by atoms with E-state index in [0.29, 0.717) is 6.42 Å². The lowest BCUT2D eigenvalue weighted by molar-refractivity contribution is -0.137. The Kier molecular flexibility index (Phi) is 5.74. The monoisotopic (exact) mass is 329 g/mol. The van der Waals surface area contributed by atoms with E-state index in [9.17, 15) is 9.59 Å². The van der Waals surface area contributed by atoms with Crippen LogP contribution in [0.2, 0.25) is 0 Å². The number of hydrogen-bond donors (Lipinski definition) is 0. The zero-order chi connectivity index (χ0) is 16.3. The first-order valence-electron chi connectivity index (χ1n) is 7.69. The maximum absolute atomic E-state index is 12.0. The molecule has 0 unspecified atom stereocenters. The fourth-order valence-electron chi connectivity index (χ4n) is 2.75. The standard InChI is InChI=1S/C15H27N3O3S/c1-16(2)6-5-13(19)18-10-15(11-18)7-12(9-22-15)21-8-14(20)17(3)4/h12H,5-11H2,1-4H3/t12-/m0/s1. The molecule has 2 aliphatic rings. The predicted molar refractivity (Wildman–Crippen MR) is 88.0 cm³/mol. The first-order chi connectivity index (χ1) is 10.3. The van der Waals surface area contributed by atoms with Crippen molar-refractivity contribution >= 4 is 23.6 Å². The zero-order valence-corrected chi connectivity index (χ0v) is 14.8. The number of carbonyl (C=O) groups excluding carboxylic acids is 2. The van der Waals surface area contributed by atoms with Crippen molar-refractivity contribution in [2.45, 2.75) is 23.7 Å². The molecule has 2 saturated heterocycles. The fraction of sp³-hybridized carbons (Fsp3) is 0.867. The van der Waals surface area contributed by atoms with Crippen molar-refractivity contribution in [2.24, 2.45) is 0 Å². The summed E-state index contributed by atoms with van der Waals surface area (Å²) in [5.41, 5.74) is 0. The zero-order valence-electron chi connectivity index (χ0n) is 14.0. The van der Waals surface area contributed by atoms with Crippen LogP contribution >= 0.6 is 11.8 Å². The van der Waals surface area contributed by atoms with Gasteiger partial charge in [-0.2, -0.15) is 0 Å². The highest BCUT2D eigenvalue weighted by Gasteiger charge is 2.50. The van der Waals surface area contributed by atoms with Gasteiger partial charge in [-0.3, -0.25) is 9.59 Å². The van der Waals surface area contributed by atoms with Gasteiger partial charge in [0.2, 0.25) is 11.8 Å². The van der Waals surface area contributed by atoms with Crippen molar-refractivity contribution in [1.29, 1.82) is 0 Å². The van der Waals surface area contributed by atoms with Crippen molar-refractivity contribution in [2.75, 3.05) is 60.2 Å². The van der Waals surface area contributed by atoms with Crippen LogP contribution in [-0.4, -0.2) is 97.5 Å². The summed E-state index contributed by atoms with van der Waals surface area (Å²) in [4.78, 5) is 29.1. The third kappa shape index (κ3) is 4.36. The molecule has 1 atom stereocenters. The molecule has 0 aromatic carbocycles. The van der Waals surface area contributed by atoms with E-state index in [1.54, 1.807) is 19.0 Å². The summed E-state index contributed by atoms with van der Waals surface area (Å²) in [5, 5.41) is 0. The molecule has 22 heavy (non-hydrogen) atoms. The van der Waals surface area contributed by atoms with Crippen LogP contribution in [0.4, 0.5) is 0 Å². The molecule has 0 aromatic rings. The van der Waals surface area contributed by atoms with Crippen LogP contribution in [0.15, 0.2) is 0 Å². The van der Waals surface area contributed by atoms with E-state index in [0.717, 1.165) is 31.8 Å². The second kappa shape index (κ2) is 7.19. The summed E-state index contributed by atoms with van der Waals surface area (Å²) in [7, 11) is 7.43. The van der Waals surface area contributed by atoms with Crippen LogP contribution in [0.1, 0.15) is 12.8 Å². The molecular weight excluding hydrogens is 302 g/mol. The van der Waals surface area contributed by atoms with Gasteiger partial charge in [-0.15, -0.1) is 11.8 Å². The molecule has 0 aromatic heterocycles. The summed E-state index contributed by atoms with van der Waals surface area (Å²) >= 11 is 1.89. The normalized spacial score (nSPS) is 23.0. The first-order valence-corrected chi connectivity index (χ1v) is 8.68. The quantitative estimate of drug-likeness (QED) is 0.693. The third-order valence-electron chi connectivity index (χ3n) is 4.20. The Morgan fingerprint density at radius 1 is 1.27 bits per heavy atom. The van der Waals surface area contributed by atoms with E-state index in [-0.39, 0.29) is 29.3 Å². The second-order valence-corrected chi connectivity index (χ2v) is 8.21. The number of nitrogens with zero attached hydrogens (tertiary/aromatic N) is 3. The van der Waals surface area contributed by atoms with E-state index in [2.05, 4.69) is 0 Å². The highest BCUT2D eigenvalue weighted by Crippen LogP contribution is 2.46. The Balaban J connectivity index is 1.69. The third-order valence-corrected chi connectivity index (χ3v) is 5.78. The smallest absolute Gasteiger partial charge is 0.248 e. The molecule has 0 aliphatic carbocycles. The molecule has 2 rings (SSSR count). The van der Waals surface area contributed by atoms with Gasteiger partial charge in [0, 0.05) is 45.9 Å². The molecule has 1 spiro atoms. The lowest BCUT2D eigenvalue weighted by Crippen LogP contribution is -2.61. The number of hydrogen-bond acceptors (Lipinski definition) is 5. The highest BCUT2D eigenvalue weighted by atomic mass is 32.2. The Morgan fingerprint density at radius 3 is 2.55 bits per heavy atom. The van der Waals surface area contributed by atoms with E-state index in [1.165, 1.54) is 0 Å². The van der Waals surface area contributed by atoms with Gasteiger partial charge in [0.15, 0.2) is 0 Å². The van der Waals surface area contributed by atoms with Crippen molar-refractivity contribution in [3.05, 3.63) is 0 Å². The molecule has 126 valence electrons. The fourth-order valence-corrected chi connectivity index (χ4v) is 4.30. The Hall–Kier alpha value is -0.790. The summed E-state index contributed by atoms with van der Waals surface area (Å²) < 4.78 is 5.88. The maximum Gasteiger partial charge on any atom is 0.248 e. The molecule has 2 heterocycles. The van der Waals surface area contributed by atoms with Crippen LogP contribution < -0.4 is 0 Å². The Bertz CT molecular complexity index is 422. The largest absolute Gasteiger partial charge is 0.367 e. The van der Waals surface area contributed by atoms with Crippen molar-refractivity contribution in [3.8, 4) is 0 Å². The minimum atomic E-state index is 0.0000455. The molecule has 0 N–H and O–H groups in total. The number of likely N-dealkylation sites (tertiary alicyclic amines) is 1. The van der Waals surface area contributed by atoms with Gasteiger partial charge >= 0.3 is 0 Å². The summed E-state index contributed by atoms with van der Waals surface area (Å²) in [6.07, 6.45) is 1.66. The number of likely N-dealkylation sites (N-methyl/N-ethyl adjacent to an activating group) is 1. The number of rotatable bonds is 6. The average molecular weight is 329 g/mol. The number of thioether (sulfide) groups is 1. The van der Waals surface area contributed by atoms with Crippen LogP contribution in [0, 0.1) is 0 Å². The molecule has 0 radical (unpaired) electrons. The van der Waals surface area contributed by atoms with Gasteiger partial charge in [-0.05, 0) is 20.5 Å². The Morgan fingerprint density at radius 2 is 1.95 bits per heavy atom. The number of carbonyl (C=O) groups is 2. The van der Waals surface area contributed by atoms with Crippen molar-refractivity contribution in [3.63, 3.8) is 0 Å². The Labute approximate surface area is 137 Å². The lowest BCUT2D eigenvalue weighted by atomic mass is 9.92. The lowest BCUT2D eigenvalue weighted by Gasteiger charge is -2.47. The molecule has 6 nitrogen and oxygen atoms in total. The number of amides is 2. The SMILES string of the molecule is CN(C)CCC(=O)N1CC2(C[C@H](OCC(=O)N(C)C)CS2)C1. The van der Waals surface area contributed by atoms with E-state index in [1.807, 2.05) is 35.7 Å². The number of ether oxygens (including phenoxy) is 1. The summed E-state index contributed by atoms with van der Waals surface area (Å²) in [5.74, 6) is 1.16. The van der Waals surface area contributed by atoms with Gasteiger partial charge in [-0.1, -0.05) is 0 Å². The molecular formula is C15H27N3O3S. The van der Waals surface area contributed by atoms with Gasteiger partial charge in [-0.25, -0.2) is 0 Å². The van der Waals surface area contributed by atoms with Crippen LogP contribution in [0.3, 0.4) is 0 Å². The molecule has 2 amide bonds. The van der Waals surface area contributed by atoms with Crippen molar-refractivity contribution in [1.82, 2.24) is 14.7 Å². The van der Waals surface area contributed by atoms with Gasteiger partial charge in [0.05, 0.1) is 10.9 Å². The topological polar surface area (TPSA) is 53.1 Å². The van der Waals surface area contributed by atoms with Gasteiger partial charge in [0.1, 0.15) is 6.61 Å². The summed E-state index contributed by atoms with van der Waals surface area (Å²) in [6, 6.07) is 0. The van der Waals surface area contributed by atoms with Crippen molar-refractivity contribution < 1.29 is 14.3 Å². The molecule has 7 heteroatoms. The maximum atomic E-state index is 12.0. The second-order valence-electron chi connectivity index (χ2n) is 6.72. The molecule has 0 saturated carbocycles. The van der Waals surface area contributed by atoms with E-state index >= 15 is 0 Å². The molecule has 0 bridgehead atoms. The van der Waals surface area contributed by atoms with Crippen LogP contribution in [0.25, 0.3) is 0 Å². The molecule has 2 fully saturated rings. The highest BCUT2D eigenvalue weighted by molar-refractivity contribution is 8.01. The van der Waals surface area contributed by atoms with E-state index in [4.69, 9.17) is 4.74 Å². The average Bonchev–Trinajstić information content (AvgIpc) is 2.84. The van der Waals surface area contributed by atoms with Gasteiger partial charge < -0.3 is 19.4 Å². The summed E-state index contributed by atoms with van der Waals surface area (Å²) in [6.45, 7) is 2.60. The van der Waals surface area contributed by atoms with E-state index < -0.39 is 0 Å².